The first-order valence-corrected chi connectivity index (χ1v) is 17.2. The summed E-state index contributed by atoms with van der Waals surface area (Å²) in [6.45, 7) is 15.5. The Balaban J connectivity index is -0.000000333. The summed E-state index contributed by atoms with van der Waals surface area (Å²) >= 11 is 0. The van der Waals surface area contributed by atoms with Crippen LogP contribution in [0.3, 0.4) is 0 Å². The number of sulfonamides is 2. The summed E-state index contributed by atoms with van der Waals surface area (Å²) in [6.07, 6.45) is 2.13. The first kappa shape index (κ1) is 47.3. The van der Waals surface area contributed by atoms with Crippen LogP contribution in [0, 0.1) is 37.5 Å². The molecule has 0 aliphatic heterocycles. The van der Waals surface area contributed by atoms with E-state index in [0.29, 0.717) is 24.7 Å². The fourth-order valence-electron chi connectivity index (χ4n) is 3.97. The molecule has 0 heterocycles. The molecule has 2 rings (SSSR count). The normalized spacial score (nSPS) is 13.9. The molecule has 0 aliphatic carbocycles. The Labute approximate surface area is 292 Å². The Hall–Kier alpha value is -1.09. The number of aldehydes is 1. The summed E-state index contributed by atoms with van der Waals surface area (Å²) in [5.74, 6) is 0.202. The van der Waals surface area contributed by atoms with Crippen LogP contribution in [-0.2, 0) is 24.8 Å². The van der Waals surface area contributed by atoms with Crippen molar-refractivity contribution in [1.82, 2.24) is 9.44 Å². The van der Waals surface area contributed by atoms with Gasteiger partial charge in [-0.2, -0.15) is 0 Å². The number of aryl methyl sites for hydroxylation is 2. The molecule has 0 saturated heterocycles. The number of aliphatic hydroxyl groups excluding tert-OH is 2. The third kappa shape index (κ3) is 17.6. The van der Waals surface area contributed by atoms with Gasteiger partial charge in [0.05, 0.1) is 9.79 Å². The summed E-state index contributed by atoms with van der Waals surface area (Å²) in [4.78, 5) is 11.5. The van der Waals surface area contributed by atoms with E-state index in [0.717, 1.165) is 24.5 Å². The van der Waals surface area contributed by atoms with E-state index in [2.05, 4.69) is 9.44 Å². The number of carbonyl (C=O) groups is 1. The van der Waals surface area contributed by atoms with E-state index in [9.17, 15) is 26.7 Å². The SMILES string of the molecule is CO.Cc1ccc(S(=O)(=O)N[C@H](CC(C)C)[C@@H](C)C=O)cc1.Cc1ccc(S(=O)(=O)N[C@H](CC(C)C)[C@@H](C)CO)cc1.[B].[H-].[Na+]. The molecule has 0 fully saturated rings. The average molecular weight is 664 g/mol. The van der Waals surface area contributed by atoms with Gasteiger partial charge in [-0.25, -0.2) is 26.3 Å². The summed E-state index contributed by atoms with van der Waals surface area (Å²) in [5.41, 5.74) is 2.02. The minimum absolute atomic E-state index is 0. The molecule has 4 N–H and O–H groups in total. The van der Waals surface area contributed by atoms with E-state index in [4.69, 9.17) is 5.11 Å². The topological polar surface area (TPSA) is 150 Å². The largest absolute Gasteiger partial charge is 1.00 e. The van der Waals surface area contributed by atoms with Gasteiger partial charge in [-0.1, -0.05) is 76.9 Å². The Morgan fingerprint density at radius 3 is 1.32 bits per heavy atom. The van der Waals surface area contributed by atoms with E-state index >= 15 is 0 Å². The average Bonchev–Trinajstić information content (AvgIpc) is 2.92. The molecule has 245 valence electrons. The molecule has 44 heavy (non-hydrogen) atoms. The summed E-state index contributed by atoms with van der Waals surface area (Å²) in [7, 11) is -6.12. The summed E-state index contributed by atoms with van der Waals surface area (Å²) in [6, 6.07) is 12.8. The molecule has 13 heteroatoms. The van der Waals surface area contributed by atoms with Crippen molar-refractivity contribution < 1.29 is 62.8 Å². The smallest absolute Gasteiger partial charge is 1.00 e. The third-order valence-electron chi connectivity index (χ3n) is 6.55. The molecule has 2 aromatic rings. The van der Waals surface area contributed by atoms with E-state index < -0.39 is 20.0 Å². The minimum Gasteiger partial charge on any atom is -1.00 e. The van der Waals surface area contributed by atoms with Gasteiger partial charge in [-0.15, -0.1) is 0 Å². The predicted molar refractivity (Wildman–Crippen MR) is 176 cm³/mol. The van der Waals surface area contributed by atoms with E-state index in [1.54, 1.807) is 55.5 Å². The molecule has 0 spiro atoms. The standard InChI is InChI=1S/C15H25NO3S.C15H23NO3S.CH4O.B.Na.H/c2*1-11(2)9-15(13(4)10-17)16-20(18,19)14-7-5-12(3)6-8-14;1-2;;;/h5-8,11,13,15-17H,9-10H2,1-4H3;5-8,10-11,13,15-16H,9H2,1-4H3;2H,1H3;;;/q;;;;+1;-1/t2*13-,15+;;;;/m00..../s1. The number of aliphatic hydroxyl groups is 2. The van der Waals surface area contributed by atoms with Gasteiger partial charge in [0.2, 0.25) is 20.0 Å². The van der Waals surface area contributed by atoms with Crippen molar-refractivity contribution in [3.05, 3.63) is 59.7 Å². The minimum atomic E-state index is -3.59. The zero-order valence-corrected chi connectivity index (χ0v) is 31.7. The van der Waals surface area contributed by atoms with Crippen molar-refractivity contribution in [1.29, 1.82) is 0 Å². The van der Waals surface area contributed by atoms with Crippen LogP contribution < -0.4 is 39.0 Å². The number of carbonyl (C=O) groups excluding carboxylic acids is 1. The molecule has 0 amide bonds. The Morgan fingerprint density at radius 1 is 0.705 bits per heavy atom. The van der Waals surface area contributed by atoms with Crippen LogP contribution in [-0.4, -0.2) is 67.5 Å². The molecule has 0 aliphatic rings. The summed E-state index contributed by atoms with van der Waals surface area (Å²) in [5, 5.41) is 16.3. The van der Waals surface area contributed by atoms with Crippen molar-refractivity contribution in [3.63, 3.8) is 0 Å². The third-order valence-corrected chi connectivity index (χ3v) is 9.56. The fraction of sp³-hybridized carbons (Fsp3) is 0.581. The monoisotopic (exact) mass is 663 g/mol. The van der Waals surface area contributed by atoms with Crippen LogP contribution in [0.15, 0.2) is 58.3 Å². The molecule has 4 atom stereocenters. The molecule has 0 saturated carbocycles. The van der Waals surface area contributed by atoms with Gasteiger partial charge in [-0.05, 0) is 68.7 Å². The van der Waals surface area contributed by atoms with Gasteiger partial charge in [-0.3, -0.25) is 0 Å². The second-order valence-corrected chi connectivity index (χ2v) is 14.9. The van der Waals surface area contributed by atoms with Crippen molar-refractivity contribution in [2.24, 2.45) is 23.7 Å². The number of nitrogens with one attached hydrogen (secondary N) is 2. The van der Waals surface area contributed by atoms with Crippen LogP contribution in [0.5, 0.6) is 0 Å². The maximum absolute atomic E-state index is 12.4. The second-order valence-electron chi connectivity index (χ2n) is 11.5. The van der Waals surface area contributed by atoms with Crippen molar-refractivity contribution in [3.8, 4) is 0 Å². The molecule has 0 bridgehead atoms. The molecule has 2 aromatic carbocycles. The zero-order chi connectivity index (χ0) is 32.7. The fourth-order valence-corrected chi connectivity index (χ4v) is 6.67. The van der Waals surface area contributed by atoms with Gasteiger partial charge < -0.3 is 16.4 Å². The molecular weight excluding hydrogens is 610 g/mol. The maximum atomic E-state index is 12.4. The number of benzene rings is 2. The van der Waals surface area contributed by atoms with Gasteiger partial charge in [0, 0.05) is 40.1 Å². The second kappa shape index (κ2) is 23.3. The first-order chi connectivity index (χ1) is 19.5. The number of hydrogen-bond donors (Lipinski definition) is 4. The van der Waals surface area contributed by atoms with Gasteiger partial charge in [0.15, 0.2) is 0 Å². The quantitative estimate of drug-likeness (QED) is 0.175. The first-order valence-electron chi connectivity index (χ1n) is 14.2. The van der Waals surface area contributed by atoms with Crippen LogP contribution in [0.25, 0.3) is 0 Å². The molecule has 0 unspecified atom stereocenters. The van der Waals surface area contributed by atoms with Crippen molar-refractivity contribution >= 4 is 34.7 Å². The number of rotatable bonds is 14. The zero-order valence-electron chi connectivity index (χ0n) is 29.1. The van der Waals surface area contributed by atoms with Crippen molar-refractivity contribution in [2.45, 2.75) is 90.1 Å². The Morgan fingerprint density at radius 2 is 1.02 bits per heavy atom. The Bertz CT molecular complexity index is 1270. The van der Waals surface area contributed by atoms with Crippen LogP contribution >= 0.6 is 0 Å². The van der Waals surface area contributed by atoms with Gasteiger partial charge in [0.1, 0.15) is 6.29 Å². The molecular formula is C31H53BN2NaO7S2. The van der Waals surface area contributed by atoms with Crippen LogP contribution in [0.4, 0.5) is 0 Å². The van der Waals surface area contributed by atoms with E-state index in [1.165, 1.54) is 0 Å². The Kier molecular flexibility index (Phi) is 25.0. The van der Waals surface area contributed by atoms with E-state index in [1.807, 2.05) is 48.5 Å². The summed E-state index contributed by atoms with van der Waals surface area (Å²) < 4.78 is 54.8. The van der Waals surface area contributed by atoms with Crippen molar-refractivity contribution in [2.75, 3.05) is 13.7 Å². The molecule has 3 radical (unpaired) electrons. The maximum Gasteiger partial charge on any atom is 1.00 e. The van der Waals surface area contributed by atoms with Crippen LogP contribution in [0.1, 0.15) is 66.9 Å². The van der Waals surface area contributed by atoms with Gasteiger partial charge >= 0.3 is 29.6 Å². The number of hydrogen-bond acceptors (Lipinski definition) is 7. The predicted octanol–water partition coefficient (Wildman–Crippen LogP) is 1.18. The molecule has 0 aromatic heterocycles. The molecule has 9 nitrogen and oxygen atoms in total. The van der Waals surface area contributed by atoms with E-state index in [-0.39, 0.29) is 79.7 Å². The van der Waals surface area contributed by atoms with Crippen LogP contribution in [0.2, 0.25) is 0 Å². The van der Waals surface area contributed by atoms with Gasteiger partial charge in [0.25, 0.3) is 0 Å².